The van der Waals surface area contributed by atoms with Crippen LogP contribution in [0.15, 0.2) is 24.3 Å². The fraction of sp³-hybridized carbons (Fsp3) is 0.286. The zero-order valence-electron chi connectivity index (χ0n) is 9.46. The Balaban J connectivity index is 0.000000404. The predicted octanol–water partition coefficient (Wildman–Crippen LogP) is 3.78. The zero-order chi connectivity index (χ0) is 11.0. The van der Waals surface area contributed by atoms with Crippen molar-refractivity contribution in [3.05, 3.63) is 41.0 Å². The first kappa shape index (κ1) is 10.0. The smallest absolute Gasteiger partial charge is 0.116 e. The molecule has 0 saturated heterocycles. The maximum Gasteiger partial charge on any atom is 0.116 e. The molecule has 0 radical (unpaired) electrons. The van der Waals surface area contributed by atoms with Gasteiger partial charge >= 0.3 is 0 Å². The van der Waals surface area contributed by atoms with Crippen molar-refractivity contribution in [2.24, 2.45) is 0 Å². The maximum absolute atomic E-state index is 9.42. The van der Waals surface area contributed by atoms with Crippen molar-refractivity contribution in [2.45, 2.75) is 27.2 Å². The number of aromatic hydroxyl groups is 1. The van der Waals surface area contributed by atoms with Crippen LogP contribution in [0.4, 0.5) is 0 Å². The monoisotopic (exact) mass is 200 g/mol. The molecule has 0 bridgehead atoms. The van der Waals surface area contributed by atoms with Crippen LogP contribution in [0.3, 0.4) is 0 Å². The van der Waals surface area contributed by atoms with Gasteiger partial charge in [-0.1, -0.05) is 26.0 Å². The Morgan fingerprint density at radius 3 is 2.60 bits per heavy atom. The molecule has 1 aliphatic rings. The van der Waals surface area contributed by atoms with E-state index in [2.05, 4.69) is 19.1 Å². The van der Waals surface area contributed by atoms with Gasteiger partial charge in [0.05, 0.1) is 0 Å². The van der Waals surface area contributed by atoms with E-state index < -0.39 is 0 Å². The Morgan fingerprint density at radius 1 is 1.13 bits per heavy atom. The molecule has 15 heavy (non-hydrogen) atoms. The van der Waals surface area contributed by atoms with E-state index in [1.54, 1.807) is 0 Å². The summed E-state index contributed by atoms with van der Waals surface area (Å²) in [5, 5.41) is 11.9. The number of aryl methyl sites for hydroxylation is 1. The van der Waals surface area contributed by atoms with Crippen LogP contribution in [0, 0.1) is 6.92 Å². The average Bonchev–Trinajstić information content (AvgIpc) is 2.98. The first-order chi connectivity index (χ1) is 7.25. The molecule has 1 N–H and O–H groups in total. The third kappa shape index (κ3) is 1.58. The lowest BCUT2D eigenvalue weighted by Crippen LogP contribution is -1.77. The zero-order valence-corrected chi connectivity index (χ0v) is 9.46. The SMILES string of the molecule is CC.Cc1cc(O)cc2ccc3c(c12)C3. The minimum atomic E-state index is 0.366. The molecule has 1 nitrogen and oxygen atoms in total. The molecule has 0 amide bonds. The van der Waals surface area contributed by atoms with Gasteiger partial charge in [-0.2, -0.15) is 0 Å². The molecular formula is C14H16O. The molecular weight excluding hydrogens is 184 g/mol. The Kier molecular flexibility index (Phi) is 2.39. The van der Waals surface area contributed by atoms with E-state index in [9.17, 15) is 5.11 Å². The van der Waals surface area contributed by atoms with E-state index in [0.29, 0.717) is 5.75 Å². The number of benzene rings is 2. The van der Waals surface area contributed by atoms with Crippen molar-refractivity contribution in [3.63, 3.8) is 0 Å². The van der Waals surface area contributed by atoms with E-state index in [0.717, 1.165) is 11.8 Å². The van der Waals surface area contributed by atoms with Crippen molar-refractivity contribution in [2.75, 3.05) is 0 Å². The van der Waals surface area contributed by atoms with Crippen LogP contribution >= 0.6 is 0 Å². The average molecular weight is 200 g/mol. The van der Waals surface area contributed by atoms with Gasteiger partial charge in [-0.05, 0) is 52.9 Å². The van der Waals surface area contributed by atoms with Crippen LogP contribution < -0.4 is 0 Å². The van der Waals surface area contributed by atoms with E-state index in [4.69, 9.17) is 0 Å². The minimum Gasteiger partial charge on any atom is -0.508 e. The predicted molar refractivity (Wildman–Crippen MR) is 64.5 cm³/mol. The molecule has 0 fully saturated rings. The van der Waals surface area contributed by atoms with Crippen molar-refractivity contribution >= 4 is 10.8 Å². The van der Waals surface area contributed by atoms with Crippen molar-refractivity contribution in [1.82, 2.24) is 0 Å². The van der Waals surface area contributed by atoms with Gasteiger partial charge in [0.2, 0.25) is 0 Å². The molecule has 1 heteroatoms. The molecule has 0 aliphatic heterocycles. The molecule has 0 aromatic heterocycles. The highest BCUT2D eigenvalue weighted by Crippen LogP contribution is 2.38. The van der Waals surface area contributed by atoms with Gasteiger partial charge < -0.3 is 5.11 Å². The van der Waals surface area contributed by atoms with Crippen molar-refractivity contribution in [3.8, 4) is 5.75 Å². The summed E-state index contributed by atoms with van der Waals surface area (Å²) in [4.78, 5) is 0. The number of phenols is 1. The fourth-order valence-electron chi connectivity index (χ4n) is 2.08. The minimum absolute atomic E-state index is 0.366. The van der Waals surface area contributed by atoms with Crippen LogP contribution in [-0.4, -0.2) is 5.11 Å². The summed E-state index contributed by atoms with van der Waals surface area (Å²) in [6, 6.07) is 7.91. The second-order valence-corrected chi connectivity index (χ2v) is 3.74. The summed E-state index contributed by atoms with van der Waals surface area (Å²) >= 11 is 0. The van der Waals surface area contributed by atoms with Crippen LogP contribution in [0.25, 0.3) is 10.8 Å². The second-order valence-electron chi connectivity index (χ2n) is 3.74. The van der Waals surface area contributed by atoms with Crippen LogP contribution in [0.1, 0.15) is 30.5 Å². The lowest BCUT2D eigenvalue weighted by atomic mass is 10.1. The molecule has 2 aromatic carbocycles. The molecule has 0 spiro atoms. The molecule has 3 rings (SSSR count). The summed E-state index contributed by atoms with van der Waals surface area (Å²) in [5.74, 6) is 0.366. The number of fused-ring (bicyclic) bond motifs is 3. The third-order valence-electron chi connectivity index (χ3n) is 2.75. The summed E-state index contributed by atoms with van der Waals surface area (Å²) in [6.45, 7) is 6.06. The number of phenolic OH excluding ortho intramolecular Hbond substituents is 1. The van der Waals surface area contributed by atoms with Gasteiger partial charge in [0, 0.05) is 0 Å². The topological polar surface area (TPSA) is 20.2 Å². The largest absolute Gasteiger partial charge is 0.508 e. The highest BCUT2D eigenvalue weighted by atomic mass is 16.3. The van der Waals surface area contributed by atoms with Crippen LogP contribution in [0.5, 0.6) is 5.75 Å². The Hall–Kier alpha value is -1.50. The quantitative estimate of drug-likeness (QED) is 0.585. The Bertz CT molecular complexity index is 512. The van der Waals surface area contributed by atoms with E-state index in [1.165, 1.54) is 22.1 Å². The summed E-state index contributed by atoms with van der Waals surface area (Å²) in [5.41, 5.74) is 4.11. The van der Waals surface area contributed by atoms with Crippen LogP contribution in [0.2, 0.25) is 0 Å². The van der Waals surface area contributed by atoms with E-state index in [1.807, 2.05) is 26.0 Å². The van der Waals surface area contributed by atoms with Gasteiger partial charge in [-0.3, -0.25) is 0 Å². The number of rotatable bonds is 0. The lowest BCUT2D eigenvalue weighted by Gasteiger charge is -2.01. The normalized spacial score (nSPS) is 11.7. The van der Waals surface area contributed by atoms with Gasteiger partial charge in [0.25, 0.3) is 0 Å². The Labute approximate surface area is 90.4 Å². The van der Waals surface area contributed by atoms with Gasteiger partial charge in [0.1, 0.15) is 5.75 Å². The number of hydrogen-bond donors (Lipinski definition) is 1. The highest BCUT2D eigenvalue weighted by Gasteiger charge is 2.20. The highest BCUT2D eigenvalue weighted by molar-refractivity contribution is 5.94. The van der Waals surface area contributed by atoms with Crippen molar-refractivity contribution in [1.29, 1.82) is 0 Å². The summed E-state index contributed by atoms with van der Waals surface area (Å²) in [7, 11) is 0. The first-order valence-corrected chi connectivity index (χ1v) is 5.50. The van der Waals surface area contributed by atoms with Gasteiger partial charge in [0.15, 0.2) is 0 Å². The van der Waals surface area contributed by atoms with Crippen molar-refractivity contribution < 1.29 is 5.11 Å². The molecule has 0 heterocycles. The summed E-state index contributed by atoms with van der Waals surface area (Å²) in [6.07, 6.45) is 1.13. The third-order valence-corrected chi connectivity index (χ3v) is 2.75. The van der Waals surface area contributed by atoms with E-state index in [-0.39, 0.29) is 0 Å². The van der Waals surface area contributed by atoms with Crippen LogP contribution in [-0.2, 0) is 6.42 Å². The maximum atomic E-state index is 9.42. The second kappa shape index (κ2) is 3.58. The van der Waals surface area contributed by atoms with E-state index >= 15 is 0 Å². The molecule has 78 valence electrons. The molecule has 0 saturated carbocycles. The molecule has 0 unspecified atom stereocenters. The summed E-state index contributed by atoms with van der Waals surface area (Å²) < 4.78 is 0. The lowest BCUT2D eigenvalue weighted by molar-refractivity contribution is 0.476. The van der Waals surface area contributed by atoms with Gasteiger partial charge in [-0.15, -0.1) is 0 Å². The Morgan fingerprint density at radius 2 is 1.87 bits per heavy atom. The first-order valence-electron chi connectivity index (χ1n) is 5.50. The molecule has 1 aliphatic carbocycles. The molecule has 0 atom stereocenters. The fourth-order valence-corrected chi connectivity index (χ4v) is 2.08. The molecule has 2 aromatic rings. The van der Waals surface area contributed by atoms with Gasteiger partial charge in [-0.25, -0.2) is 0 Å². The number of hydrogen-bond acceptors (Lipinski definition) is 1. The standard InChI is InChI=1S/C12H10O.C2H6/c1-7-4-10(13)5-9-3-2-8-6-11(8)12(7)9;1-2/h2-5,13H,6H2,1H3;1-2H3.